The van der Waals surface area contributed by atoms with Crippen LogP contribution in [0.4, 0.5) is 18.2 Å². The van der Waals surface area contributed by atoms with Crippen molar-refractivity contribution < 1.29 is 32.2 Å². The van der Waals surface area contributed by atoms with Gasteiger partial charge in [0, 0.05) is 17.5 Å². The highest BCUT2D eigenvalue weighted by molar-refractivity contribution is 7.15. The molecule has 0 saturated carbocycles. The van der Waals surface area contributed by atoms with Crippen LogP contribution in [0.15, 0.2) is 29.6 Å². The highest BCUT2D eigenvalue weighted by Crippen LogP contribution is 2.37. The number of carbonyl (C=O) groups excluding carboxylic acids is 2. The molecule has 174 valence electrons. The van der Waals surface area contributed by atoms with Crippen molar-refractivity contribution >= 4 is 28.2 Å². The van der Waals surface area contributed by atoms with Crippen LogP contribution < -0.4 is 10.1 Å². The van der Waals surface area contributed by atoms with Gasteiger partial charge in [-0.1, -0.05) is 12.1 Å². The molecule has 1 aromatic heterocycles. The molecule has 0 aliphatic carbocycles. The molecule has 0 radical (unpaired) electrons. The second kappa shape index (κ2) is 10.4. The standard InChI is InChI=1S/C22H25F3N2O4S/c1-3-31-21(29)19-17(14-6-8-16(30-2)9-7-14)13-32-20(19)26-18(28)12-27-10-4-5-15(11-27)22(23,24)25/h6-9,13,15H,3-5,10-12H2,1-2H3,(H,26,28). The van der Waals surface area contributed by atoms with Gasteiger partial charge in [0.15, 0.2) is 0 Å². The van der Waals surface area contributed by atoms with Crippen molar-refractivity contribution in [1.29, 1.82) is 0 Å². The summed E-state index contributed by atoms with van der Waals surface area (Å²) in [4.78, 5) is 26.7. The number of likely N-dealkylation sites (tertiary alicyclic amines) is 1. The summed E-state index contributed by atoms with van der Waals surface area (Å²) >= 11 is 1.17. The van der Waals surface area contributed by atoms with Crippen LogP contribution in [0.1, 0.15) is 30.1 Å². The summed E-state index contributed by atoms with van der Waals surface area (Å²) in [6.45, 7) is 1.89. The number of nitrogens with zero attached hydrogens (tertiary/aromatic N) is 1. The third-order valence-corrected chi connectivity index (χ3v) is 6.16. The number of nitrogens with one attached hydrogen (secondary N) is 1. The molecule has 3 rings (SSSR count). The first-order valence-electron chi connectivity index (χ1n) is 10.2. The van der Waals surface area contributed by atoms with E-state index in [4.69, 9.17) is 9.47 Å². The molecule has 1 aromatic carbocycles. The molecule has 10 heteroatoms. The largest absolute Gasteiger partial charge is 0.497 e. The number of rotatable bonds is 7. The number of carbonyl (C=O) groups is 2. The average molecular weight is 471 g/mol. The van der Waals surface area contributed by atoms with E-state index < -0.39 is 24.0 Å². The molecule has 6 nitrogen and oxygen atoms in total. The van der Waals surface area contributed by atoms with Gasteiger partial charge in [-0.25, -0.2) is 4.79 Å². The molecular weight excluding hydrogens is 445 g/mol. The van der Waals surface area contributed by atoms with E-state index in [0.29, 0.717) is 29.3 Å². The first-order valence-corrected chi connectivity index (χ1v) is 11.1. The van der Waals surface area contributed by atoms with Gasteiger partial charge in [0.05, 0.1) is 26.2 Å². The molecule has 2 aromatic rings. The first kappa shape index (κ1) is 24.1. The van der Waals surface area contributed by atoms with Crippen LogP contribution in [0.25, 0.3) is 11.1 Å². The summed E-state index contributed by atoms with van der Waals surface area (Å²) < 4.78 is 49.5. The molecule has 1 aliphatic heterocycles. The van der Waals surface area contributed by atoms with Crippen LogP contribution in [0.3, 0.4) is 0 Å². The van der Waals surface area contributed by atoms with Gasteiger partial charge in [-0.3, -0.25) is 9.69 Å². The monoisotopic (exact) mass is 470 g/mol. The minimum Gasteiger partial charge on any atom is -0.497 e. The first-order chi connectivity index (χ1) is 15.2. The van der Waals surface area contributed by atoms with Gasteiger partial charge < -0.3 is 14.8 Å². The number of anilines is 1. The van der Waals surface area contributed by atoms with E-state index in [0.717, 1.165) is 5.56 Å². The normalized spacial score (nSPS) is 17.1. The molecule has 1 fully saturated rings. The van der Waals surface area contributed by atoms with Crippen molar-refractivity contribution in [3.05, 3.63) is 35.2 Å². The highest BCUT2D eigenvalue weighted by Gasteiger charge is 2.42. The fourth-order valence-electron chi connectivity index (χ4n) is 3.67. The smallest absolute Gasteiger partial charge is 0.393 e. The van der Waals surface area contributed by atoms with Gasteiger partial charge in [0.2, 0.25) is 5.91 Å². The predicted octanol–water partition coefficient (Wildman–Crippen LogP) is 4.81. The zero-order valence-corrected chi connectivity index (χ0v) is 18.6. The Bertz CT molecular complexity index is 944. The maximum absolute atomic E-state index is 13.0. The number of alkyl halides is 3. The van der Waals surface area contributed by atoms with Crippen LogP contribution in [0.5, 0.6) is 5.75 Å². The Labute approximate surface area is 188 Å². The molecule has 2 heterocycles. The Morgan fingerprint density at radius 2 is 1.97 bits per heavy atom. The van der Waals surface area contributed by atoms with E-state index in [2.05, 4.69) is 5.32 Å². The van der Waals surface area contributed by atoms with Crippen LogP contribution in [0, 0.1) is 5.92 Å². The van der Waals surface area contributed by atoms with Crippen molar-refractivity contribution in [2.24, 2.45) is 5.92 Å². The fourth-order valence-corrected chi connectivity index (χ4v) is 4.65. The van der Waals surface area contributed by atoms with Crippen molar-refractivity contribution in [3.63, 3.8) is 0 Å². The molecule has 1 aliphatic rings. The van der Waals surface area contributed by atoms with Crippen LogP contribution in [-0.4, -0.2) is 56.3 Å². The molecule has 1 atom stereocenters. The maximum atomic E-state index is 13.0. The summed E-state index contributed by atoms with van der Waals surface area (Å²) in [7, 11) is 1.55. The van der Waals surface area contributed by atoms with Crippen molar-refractivity contribution in [1.82, 2.24) is 4.90 Å². The minimum atomic E-state index is -4.27. The molecule has 1 N–H and O–H groups in total. The van der Waals surface area contributed by atoms with Crippen molar-refractivity contribution in [2.45, 2.75) is 25.9 Å². The summed E-state index contributed by atoms with van der Waals surface area (Å²) in [5.74, 6) is -1.82. The molecule has 1 saturated heterocycles. The third-order valence-electron chi connectivity index (χ3n) is 5.26. The lowest BCUT2D eigenvalue weighted by Crippen LogP contribution is -2.44. The van der Waals surface area contributed by atoms with Crippen molar-refractivity contribution in [2.75, 3.05) is 38.7 Å². The van der Waals surface area contributed by atoms with E-state index in [9.17, 15) is 22.8 Å². The predicted molar refractivity (Wildman–Crippen MR) is 116 cm³/mol. The number of hydrogen-bond acceptors (Lipinski definition) is 6. The summed E-state index contributed by atoms with van der Waals surface area (Å²) in [6, 6.07) is 7.10. The SMILES string of the molecule is CCOC(=O)c1c(-c2ccc(OC)cc2)csc1NC(=O)CN1CCCC(C(F)(F)F)C1. The number of benzene rings is 1. The zero-order valence-electron chi connectivity index (χ0n) is 17.8. The Morgan fingerprint density at radius 1 is 1.25 bits per heavy atom. The quantitative estimate of drug-likeness (QED) is 0.588. The van der Waals surface area contributed by atoms with E-state index in [1.807, 2.05) is 0 Å². The highest BCUT2D eigenvalue weighted by atomic mass is 32.1. The summed E-state index contributed by atoms with van der Waals surface area (Å²) in [6.07, 6.45) is -3.82. The van der Waals surface area contributed by atoms with E-state index in [-0.39, 0.29) is 31.7 Å². The molecule has 32 heavy (non-hydrogen) atoms. The van der Waals surface area contributed by atoms with Crippen LogP contribution in [0.2, 0.25) is 0 Å². The van der Waals surface area contributed by atoms with E-state index in [1.54, 1.807) is 43.7 Å². The van der Waals surface area contributed by atoms with Gasteiger partial charge in [-0.2, -0.15) is 13.2 Å². The minimum absolute atomic E-state index is 0.0742. The van der Waals surface area contributed by atoms with E-state index in [1.165, 1.54) is 16.2 Å². The van der Waals surface area contributed by atoms with Gasteiger partial charge in [-0.15, -0.1) is 11.3 Å². The molecule has 1 amide bonds. The molecule has 1 unspecified atom stereocenters. The lowest BCUT2D eigenvalue weighted by atomic mass is 9.97. The van der Waals surface area contributed by atoms with Crippen molar-refractivity contribution in [3.8, 4) is 16.9 Å². The Kier molecular flexibility index (Phi) is 7.78. The number of thiophene rings is 1. The third kappa shape index (κ3) is 5.80. The van der Waals surface area contributed by atoms with Crippen LogP contribution in [-0.2, 0) is 9.53 Å². The maximum Gasteiger partial charge on any atom is 0.393 e. The number of methoxy groups -OCH3 is 1. The molecule has 0 spiro atoms. The second-order valence-corrected chi connectivity index (χ2v) is 8.35. The Balaban J connectivity index is 1.77. The van der Waals surface area contributed by atoms with Gasteiger partial charge >= 0.3 is 12.1 Å². The van der Waals surface area contributed by atoms with Gasteiger partial charge in [-0.05, 0) is 44.0 Å². The molecule has 0 bridgehead atoms. The van der Waals surface area contributed by atoms with Crippen LogP contribution >= 0.6 is 11.3 Å². The average Bonchev–Trinajstić information content (AvgIpc) is 3.17. The number of piperidine rings is 1. The topological polar surface area (TPSA) is 67.9 Å². The Morgan fingerprint density at radius 3 is 2.59 bits per heavy atom. The number of halogens is 3. The summed E-state index contributed by atoms with van der Waals surface area (Å²) in [5.41, 5.74) is 1.57. The second-order valence-electron chi connectivity index (χ2n) is 7.47. The van der Waals surface area contributed by atoms with Gasteiger partial charge in [0.1, 0.15) is 16.3 Å². The molecular formula is C22H25F3N2O4S. The van der Waals surface area contributed by atoms with E-state index >= 15 is 0 Å². The number of amides is 1. The fraction of sp³-hybridized carbons (Fsp3) is 0.455. The number of hydrogen-bond donors (Lipinski definition) is 1. The Hall–Kier alpha value is -2.59. The summed E-state index contributed by atoms with van der Waals surface area (Å²) in [5, 5.41) is 4.74. The number of ether oxygens (including phenoxy) is 2. The van der Waals surface area contributed by atoms with Gasteiger partial charge in [0.25, 0.3) is 0 Å². The lowest BCUT2D eigenvalue weighted by molar-refractivity contribution is -0.186. The zero-order chi connectivity index (χ0) is 23.3. The lowest BCUT2D eigenvalue weighted by Gasteiger charge is -2.33. The number of esters is 1.